The summed E-state index contributed by atoms with van der Waals surface area (Å²) in [5, 5.41) is 11.1. The SMILES string of the molecule is COCc1cccc(-c2nnc(N[C@H]3N=C(c4ccccc4)c4ccccc4CC3=O)o2)n1. The van der Waals surface area contributed by atoms with Crippen molar-refractivity contribution in [3.8, 4) is 11.6 Å². The lowest BCUT2D eigenvalue weighted by atomic mass is 9.96. The van der Waals surface area contributed by atoms with Gasteiger partial charge in [0, 0.05) is 24.7 Å². The number of aliphatic imine (C=N–C) groups is 1. The van der Waals surface area contributed by atoms with Gasteiger partial charge in [-0.2, -0.15) is 0 Å². The topological polar surface area (TPSA) is 102 Å². The number of aromatic nitrogens is 3. The number of nitrogens with one attached hydrogen (secondary N) is 1. The molecule has 8 nitrogen and oxygen atoms in total. The average Bonchev–Trinajstić information content (AvgIpc) is 3.26. The number of hydrogen-bond acceptors (Lipinski definition) is 8. The number of pyridine rings is 1. The highest BCUT2D eigenvalue weighted by atomic mass is 16.5. The van der Waals surface area contributed by atoms with Crippen molar-refractivity contribution >= 4 is 17.5 Å². The van der Waals surface area contributed by atoms with Crippen molar-refractivity contribution in [2.45, 2.75) is 19.2 Å². The van der Waals surface area contributed by atoms with Gasteiger partial charge in [-0.15, -0.1) is 5.10 Å². The van der Waals surface area contributed by atoms with Crippen molar-refractivity contribution in [2.75, 3.05) is 12.4 Å². The average molecular weight is 439 g/mol. The van der Waals surface area contributed by atoms with Crippen LogP contribution in [0.15, 0.2) is 82.2 Å². The van der Waals surface area contributed by atoms with Crippen LogP contribution in [0.3, 0.4) is 0 Å². The van der Waals surface area contributed by atoms with E-state index in [-0.39, 0.29) is 24.1 Å². The molecule has 0 saturated heterocycles. The van der Waals surface area contributed by atoms with Gasteiger partial charge < -0.3 is 14.5 Å². The number of carbonyl (C=O) groups excluding carboxylic acids is 1. The zero-order valence-corrected chi connectivity index (χ0v) is 17.9. The fraction of sp³-hybridized carbons (Fsp3) is 0.160. The maximum Gasteiger partial charge on any atom is 0.317 e. The third-order valence-electron chi connectivity index (χ3n) is 5.25. The standard InChI is InChI=1S/C25H21N5O3/c1-32-15-18-11-7-13-20(26-18)24-29-30-25(33-24)28-23-21(31)14-17-10-5-6-12-19(17)22(27-23)16-8-3-2-4-9-16/h2-13,23H,14-15H2,1H3,(H,28,30)/t23-/m1/s1. The first kappa shape index (κ1) is 20.7. The Morgan fingerprint density at radius 1 is 1.00 bits per heavy atom. The van der Waals surface area contributed by atoms with Gasteiger partial charge in [0.2, 0.25) is 0 Å². The molecule has 0 amide bonds. The van der Waals surface area contributed by atoms with Gasteiger partial charge in [0.25, 0.3) is 5.89 Å². The molecule has 0 bridgehead atoms. The van der Waals surface area contributed by atoms with Gasteiger partial charge in [-0.1, -0.05) is 65.8 Å². The Kier molecular flexibility index (Phi) is 5.73. The molecule has 1 atom stereocenters. The van der Waals surface area contributed by atoms with E-state index in [0.717, 1.165) is 28.1 Å². The Morgan fingerprint density at radius 2 is 1.82 bits per heavy atom. The van der Waals surface area contributed by atoms with Gasteiger partial charge in [-0.25, -0.2) is 4.98 Å². The number of benzene rings is 2. The molecule has 33 heavy (non-hydrogen) atoms. The number of rotatable bonds is 6. The van der Waals surface area contributed by atoms with Gasteiger partial charge in [0.05, 0.1) is 18.0 Å². The highest BCUT2D eigenvalue weighted by molar-refractivity contribution is 6.16. The van der Waals surface area contributed by atoms with Crippen LogP contribution in [0, 0.1) is 0 Å². The highest BCUT2D eigenvalue weighted by Crippen LogP contribution is 2.24. The zero-order valence-electron chi connectivity index (χ0n) is 17.9. The zero-order chi connectivity index (χ0) is 22.6. The van der Waals surface area contributed by atoms with Gasteiger partial charge >= 0.3 is 6.01 Å². The quantitative estimate of drug-likeness (QED) is 0.489. The summed E-state index contributed by atoms with van der Waals surface area (Å²) in [6.07, 6.45) is -0.622. The summed E-state index contributed by atoms with van der Waals surface area (Å²) in [6, 6.07) is 23.2. The first-order chi connectivity index (χ1) is 16.2. The first-order valence-corrected chi connectivity index (χ1v) is 10.5. The highest BCUT2D eigenvalue weighted by Gasteiger charge is 2.27. The molecule has 0 spiro atoms. The van der Waals surface area contributed by atoms with Crippen LogP contribution in [-0.2, 0) is 22.6 Å². The molecule has 0 saturated carbocycles. The van der Waals surface area contributed by atoms with E-state index in [4.69, 9.17) is 14.1 Å². The molecule has 164 valence electrons. The fourth-order valence-corrected chi connectivity index (χ4v) is 3.73. The van der Waals surface area contributed by atoms with Gasteiger partial charge in [-0.05, 0) is 17.7 Å². The molecule has 1 aliphatic rings. The van der Waals surface area contributed by atoms with E-state index in [1.54, 1.807) is 13.2 Å². The number of methoxy groups -OCH3 is 1. The molecule has 3 heterocycles. The van der Waals surface area contributed by atoms with Crippen molar-refractivity contribution in [2.24, 2.45) is 4.99 Å². The minimum atomic E-state index is -0.867. The van der Waals surface area contributed by atoms with E-state index in [1.165, 1.54) is 0 Å². The first-order valence-electron chi connectivity index (χ1n) is 10.5. The van der Waals surface area contributed by atoms with Gasteiger partial charge in [0.15, 0.2) is 11.9 Å². The van der Waals surface area contributed by atoms with Crippen LogP contribution in [0.25, 0.3) is 11.6 Å². The summed E-state index contributed by atoms with van der Waals surface area (Å²) in [6.45, 7) is 0.376. The van der Waals surface area contributed by atoms with Gasteiger partial charge in [-0.3, -0.25) is 9.79 Å². The summed E-state index contributed by atoms with van der Waals surface area (Å²) in [4.78, 5) is 22.3. The summed E-state index contributed by atoms with van der Waals surface area (Å²) in [5.74, 6) is 0.153. The van der Waals surface area contributed by atoms with E-state index in [2.05, 4.69) is 20.5 Å². The minimum absolute atomic E-state index is 0.0895. The van der Waals surface area contributed by atoms with E-state index < -0.39 is 6.17 Å². The Morgan fingerprint density at radius 3 is 2.67 bits per heavy atom. The number of carbonyl (C=O) groups is 1. The molecule has 1 N–H and O–H groups in total. The molecule has 0 aliphatic carbocycles. The second-order valence-electron chi connectivity index (χ2n) is 7.55. The predicted molar refractivity (Wildman–Crippen MR) is 123 cm³/mol. The number of hydrogen-bond donors (Lipinski definition) is 1. The Labute approximate surface area is 190 Å². The molecule has 2 aromatic carbocycles. The molecule has 0 radical (unpaired) electrons. The molecule has 0 fully saturated rings. The van der Waals surface area contributed by atoms with Crippen LogP contribution in [0.5, 0.6) is 0 Å². The number of ether oxygens (including phenoxy) is 1. The summed E-state index contributed by atoms with van der Waals surface area (Å²) < 4.78 is 10.9. The van der Waals surface area contributed by atoms with Crippen LogP contribution in [0.4, 0.5) is 6.01 Å². The molecule has 5 rings (SSSR count). The second-order valence-corrected chi connectivity index (χ2v) is 7.55. The van der Waals surface area contributed by atoms with E-state index >= 15 is 0 Å². The molecule has 0 unspecified atom stereocenters. The van der Waals surface area contributed by atoms with E-state index in [9.17, 15) is 4.79 Å². The molecular formula is C25H21N5O3. The van der Waals surface area contributed by atoms with E-state index in [1.807, 2.05) is 66.7 Å². The number of fused-ring (bicyclic) bond motifs is 1. The lowest BCUT2D eigenvalue weighted by Gasteiger charge is -2.11. The minimum Gasteiger partial charge on any atom is -0.402 e. The maximum atomic E-state index is 13.1. The van der Waals surface area contributed by atoms with Crippen LogP contribution < -0.4 is 5.32 Å². The number of anilines is 1. The number of ketones is 1. The van der Waals surface area contributed by atoms with Crippen molar-refractivity contribution in [3.63, 3.8) is 0 Å². The van der Waals surface area contributed by atoms with E-state index in [0.29, 0.717) is 12.3 Å². The molecular weight excluding hydrogens is 418 g/mol. The van der Waals surface area contributed by atoms with Crippen molar-refractivity contribution in [1.82, 2.24) is 15.2 Å². The smallest absolute Gasteiger partial charge is 0.317 e. The largest absolute Gasteiger partial charge is 0.402 e. The van der Waals surface area contributed by atoms with Crippen molar-refractivity contribution in [1.29, 1.82) is 0 Å². The lowest BCUT2D eigenvalue weighted by Crippen LogP contribution is -2.29. The van der Waals surface area contributed by atoms with Crippen LogP contribution in [-0.4, -0.2) is 40.0 Å². The van der Waals surface area contributed by atoms with Gasteiger partial charge in [0.1, 0.15) is 5.69 Å². The predicted octanol–water partition coefficient (Wildman–Crippen LogP) is 3.68. The summed E-state index contributed by atoms with van der Waals surface area (Å²) in [7, 11) is 1.61. The maximum absolute atomic E-state index is 13.1. The van der Waals surface area contributed by atoms with Crippen molar-refractivity contribution < 1.29 is 13.9 Å². The summed E-state index contributed by atoms with van der Waals surface area (Å²) >= 11 is 0. The summed E-state index contributed by atoms with van der Waals surface area (Å²) in [5.41, 5.74) is 4.81. The lowest BCUT2D eigenvalue weighted by molar-refractivity contribution is -0.119. The Hall–Kier alpha value is -4.17. The Bertz CT molecular complexity index is 1320. The number of Topliss-reactive ketones (excluding diaryl/α,β-unsaturated/α-hetero) is 1. The normalized spacial score (nSPS) is 15.5. The number of nitrogens with zero attached hydrogens (tertiary/aromatic N) is 4. The fourth-order valence-electron chi connectivity index (χ4n) is 3.73. The molecule has 2 aromatic heterocycles. The molecule has 1 aliphatic heterocycles. The van der Waals surface area contributed by atoms with Crippen molar-refractivity contribution in [3.05, 3.63) is 95.2 Å². The Balaban J connectivity index is 1.46. The molecule has 4 aromatic rings. The third-order valence-corrected chi connectivity index (χ3v) is 5.25. The second kappa shape index (κ2) is 9.13. The monoisotopic (exact) mass is 439 g/mol. The van der Waals surface area contributed by atoms with Crippen LogP contribution in [0.2, 0.25) is 0 Å². The molecule has 8 heteroatoms. The van der Waals surface area contributed by atoms with Crippen LogP contribution in [0.1, 0.15) is 22.4 Å². The third kappa shape index (κ3) is 4.42. The van der Waals surface area contributed by atoms with Crippen LogP contribution >= 0.6 is 0 Å².